The van der Waals surface area contributed by atoms with Crippen molar-refractivity contribution in [2.24, 2.45) is 0 Å². The average Bonchev–Trinajstić information content (AvgIpc) is 3.02. The molecule has 0 bridgehead atoms. The molecule has 0 unspecified atom stereocenters. The number of fused-ring (bicyclic) bond motifs is 1. The third-order valence-corrected chi connectivity index (χ3v) is 4.73. The average molecular weight is 411 g/mol. The third kappa shape index (κ3) is 4.13. The van der Waals surface area contributed by atoms with Gasteiger partial charge in [-0.05, 0) is 41.4 Å². The van der Waals surface area contributed by atoms with Gasteiger partial charge in [0.25, 0.3) is 0 Å². The van der Waals surface area contributed by atoms with Crippen molar-refractivity contribution in [2.75, 3.05) is 10.6 Å². The Morgan fingerprint density at radius 3 is 2.57 bits per heavy atom. The molecule has 4 nitrogen and oxygen atoms in total. The van der Waals surface area contributed by atoms with Gasteiger partial charge in [-0.2, -0.15) is 5.10 Å². The summed E-state index contributed by atoms with van der Waals surface area (Å²) >= 11 is 11.7. The van der Waals surface area contributed by atoms with Gasteiger partial charge in [0.15, 0.2) is 10.9 Å². The van der Waals surface area contributed by atoms with Crippen molar-refractivity contribution in [3.8, 4) is 0 Å². The molecule has 1 aromatic heterocycles. The summed E-state index contributed by atoms with van der Waals surface area (Å²) in [5.74, 6) is 0.191. The molecular weight excluding hydrogens is 395 g/mol. The molecule has 0 radical (unpaired) electrons. The molecule has 0 amide bonds. The minimum absolute atomic E-state index is 0.269. The van der Waals surface area contributed by atoms with Crippen molar-refractivity contribution >= 4 is 51.2 Å². The number of nitrogens with one attached hydrogen (secondary N) is 2. The Kier molecular flexibility index (Phi) is 5.23. The fourth-order valence-corrected chi connectivity index (χ4v) is 3.34. The molecule has 0 saturated heterocycles. The monoisotopic (exact) mass is 410 g/mol. The molecule has 4 aromatic rings. The van der Waals surface area contributed by atoms with E-state index in [0.29, 0.717) is 22.5 Å². The van der Waals surface area contributed by atoms with Crippen LogP contribution in [0.1, 0.15) is 5.56 Å². The number of halogens is 2. The molecule has 0 atom stereocenters. The number of hydrogen-bond acceptors (Lipinski definition) is 2. The van der Waals surface area contributed by atoms with Crippen molar-refractivity contribution in [3.05, 3.63) is 89.3 Å². The van der Waals surface area contributed by atoms with Gasteiger partial charge in [0.2, 0.25) is 0 Å². The molecule has 7 heteroatoms. The molecule has 2 N–H and O–H groups in total. The number of hydrogen-bond donors (Lipinski definition) is 2. The summed E-state index contributed by atoms with van der Waals surface area (Å²) in [7, 11) is 0. The first kappa shape index (κ1) is 18.4. The molecule has 0 aliphatic carbocycles. The smallest absolute Gasteiger partial charge is 0.176 e. The Morgan fingerprint density at radius 2 is 1.75 bits per heavy atom. The van der Waals surface area contributed by atoms with Crippen LogP contribution in [0.2, 0.25) is 5.02 Å². The van der Waals surface area contributed by atoms with E-state index in [1.807, 2.05) is 42.5 Å². The quantitative estimate of drug-likeness (QED) is 0.424. The fraction of sp³-hybridized carbons (Fsp3) is 0.0476. The Balaban J connectivity index is 1.47. The van der Waals surface area contributed by atoms with Crippen molar-refractivity contribution in [1.82, 2.24) is 9.78 Å². The largest absolute Gasteiger partial charge is 0.332 e. The lowest BCUT2D eigenvalue weighted by atomic mass is 10.1. The number of thiocarbonyl (C=S) groups is 1. The van der Waals surface area contributed by atoms with Gasteiger partial charge in [-0.25, -0.2) is 4.39 Å². The molecule has 140 valence electrons. The Bertz CT molecular complexity index is 1140. The number of rotatable bonds is 4. The van der Waals surface area contributed by atoms with Crippen LogP contribution in [-0.2, 0) is 6.54 Å². The van der Waals surface area contributed by atoms with Gasteiger partial charge in [0.05, 0.1) is 6.54 Å². The van der Waals surface area contributed by atoms with Gasteiger partial charge in [0, 0.05) is 17.3 Å². The van der Waals surface area contributed by atoms with E-state index in [4.69, 9.17) is 23.8 Å². The summed E-state index contributed by atoms with van der Waals surface area (Å²) in [5.41, 5.74) is 1.82. The second-order valence-electron chi connectivity index (χ2n) is 6.26. The van der Waals surface area contributed by atoms with Gasteiger partial charge >= 0.3 is 0 Å². The van der Waals surface area contributed by atoms with E-state index < -0.39 is 0 Å². The van der Waals surface area contributed by atoms with Gasteiger partial charge in [-0.15, -0.1) is 0 Å². The van der Waals surface area contributed by atoms with E-state index in [9.17, 15) is 4.39 Å². The molecule has 28 heavy (non-hydrogen) atoms. The highest BCUT2D eigenvalue weighted by Crippen LogP contribution is 2.24. The predicted octanol–water partition coefficient (Wildman–Crippen LogP) is 5.69. The van der Waals surface area contributed by atoms with Crippen LogP contribution in [0.5, 0.6) is 0 Å². The third-order valence-electron chi connectivity index (χ3n) is 4.24. The molecular formula is C21H16ClFN4S. The molecule has 1 heterocycles. The molecule has 0 aliphatic heterocycles. The van der Waals surface area contributed by atoms with Crippen molar-refractivity contribution in [2.45, 2.75) is 6.54 Å². The first-order valence-electron chi connectivity index (χ1n) is 8.62. The topological polar surface area (TPSA) is 41.9 Å². The maximum atomic E-state index is 13.0. The number of nitrogens with zero attached hydrogens (tertiary/aromatic N) is 2. The van der Waals surface area contributed by atoms with Crippen molar-refractivity contribution in [1.29, 1.82) is 0 Å². The maximum Gasteiger partial charge on any atom is 0.176 e. The van der Waals surface area contributed by atoms with Crippen molar-refractivity contribution in [3.63, 3.8) is 0 Å². The lowest BCUT2D eigenvalue weighted by Crippen LogP contribution is -2.20. The molecule has 0 aliphatic rings. The summed E-state index contributed by atoms with van der Waals surface area (Å²) in [4.78, 5) is 0. The van der Waals surface area contributed by atoms with E-state index in [-0.39, 0.29) is 5.82 Å². The van der Waals surface area contributed by atoms with E-state index in [2.05, 4.69) is 15.7 Å². The van der Waals surface area contributed by atoms with Crippen LogP contribution in [0.4, 0.5) is 15.9 Å². The molecule has 4 rings (SSSR count). The SMILES string of the molecule is Fc1ccc(Cn2cc(Cl)c(NC(=S)Nc3cccc4ccccc34)n2)cc1. The Morgan fingerprint density at radius 1 is 1.00 bits per heavy atom. The highest BCUT2D eigenvalue weighted by Gasteiger charge is 2.10. The summed E-state index contributed by atoms with van der Waals surface area (Å²) < 4.78 is 14.7. The zero-order valence-electron chi connectivity index (χ0n) is 14.7. The fourth-order valence-electron chi connectivity index (χ4n) is 2.94. The molecule has 0 saturated carbocycles. The van der Waals surface area contributed by atoms with Crippen LogP contribution in [0.15, 0.2) is 72.9 Å². The Labute approximate surface area is 171 Å². The lowest BCUT2D eigenvalue weighted by molar-refractivity contribution is 0.624. The summed E-state index contributed by atoms with van der Waals surface area (Å²) in [6.45, 7) is 0.477. The Hall–Kier alpha value is -2.96. The van der Waals surface area contributed by atoms with E-state index >= 15 is 0 Å². The predicted molar refractivity (Wildman–Crippen MR) is 117 cm³/mol. The highest BCUT2D eigenvalue weighted by molar-refractivity contribution is 7.80. The summed E-state index contributed by atoms with van der Waals surface area (Å²) in [5, 5.41) is 13.7. The van der Waals surface area contributed by atoms with Crippen molar-refractivity contribution < 1.29 is 4.39 Å². The zero-order valence-corrected chi connectivity index (χ0v) is 16.3. The number of anilines is 2. The minimum atomic E-state index is -0.269. The number of benzene rings is 3. The van der Waals surface area contributed by atoms with Crippen LogP contribution in [0.25, 0.3) is 10.8 Å². The second kappa shape index (κ2) is 7.96. The van der Waals surface area contributed by atoms with E-state index in [1.54, 1.807) is 23.0 Å². The first-order valence-corrected chi connectivity index (χ1v) is 9.40. The zero-order chi connectivity index (χ0) is 19.5. The van der Waals surface area contributed by atoms with Crippen LogP contribution >= 0.6 is 23.8 Å². The highest BCUT2D eigenvalue weighted by atomic mass is 35.5. The molecule has 0 fully saturated rings. The molecule has 3 aromatic carbocycles. The van der Waals surface area contributed by atoms with Crippen LogP contribution in [0, 0.1) is 5.82 Å². The lowest BCUT2D eigenvalue weighted by Gasteiger charge is -2.11. The van der Waals surface area contributed by atoms with E-state index in [1.165, 1.54) is 12.1 Å². The summed E-state index contributed by atoms with van der Waals surface area (Å²) in [6, 6.07) is 20.3. The van der Waals surface area contributed by atoms with Crippen LogP contribution < -0.4 is 10.6 Å². The maximum absolute atomic E-state index is 13.0. The first-order chi connectivity index (χ1) is 13.6. The van der Waals surface area contributed by atoms with Gasteiger partial charge in [0.1, 0.15) is 10.8 Å². The van der Waals surface area contributed by atoms with Gasteiger partial charge in [-0.3, -0.25) is 4.68 Å². The van der Waals surface area contributed by atoms with E-state index in [0.717, 1.165) is 22.0 Å². The normalized spacial score (nSPS) is 10.8. The van der Waals surface area contributed by atoms with Crippen LogP contribution in [-0.4, -0.2) is 14.9 Å². The number of aromatic nitrogens is 2. The van der Waals surface area contributed by atoms with Crippen LogP contribution in [0.3, 0.4) is 0 Å². The van der Waals surface area contributed by atoms with Gasteiger partial charge < -0.3 is 10.6 Å². The summed E-state index contributed by atoms with van der Waals surface area (Å²) in [6.07, 6.45) is 1.70. The molecule has 0 spiro atoms. The van der Waals surface area contributed by atoms with Gasteiger partial charge in [-0.1, -0.05) is 60.1 Å². The minimum Gasteiger partial charge on any atom is -0.332 e. The second-order valence-corrected chi connectivity index (χ2v) is 7.07. The standard InChI is InChI=1S/C21H16ClFN4S/c22-18-13-27(12-14-8-10-16(23)11-9-14)26-20(18)25-21(28)24-19-7-3-5-15-4-1-2-6-17(15)19/h1-11,13H,12H2,(H2,24,25,26,28).